The van der Waals surface area contributed by atoms with Gasteiger partial charge in [0.15, 0.2) is 0 Å². The average molecular weight is 443 g/mol. The van der Waals surface area contributed by atoms with Crippen molar-refractivity contribution < 1.29 is 23.9 Å². The van der Waals surface area contributed by atoms with Crippen LogP contribution in [0.5, 0.6) is 0 Å². The van der Waals surface area contributed by atoms with Crippen LogP contribution in [0.2, 0.25) is 0 Å². The Morgan fingerprint density at radius 2 is 1.25 bits per heavy atom. The van der Waals surface area contributed by atoms with Gasteiger partial charge in [-0.2, -0.15) is 0 Å². The minimum Gasteiger partial charge on any atom is -0.385 e. The van der Waals surface area contributed by atoms with Crippen LogP contribution in [0.25, 0.3) is 0 Å². The van der Waals surface area contributed by atoms with E-state index in [2.05, 4.69) is 21.3 Å². The van der Waals surface area contributed by atoms with Gasteiger partial charge in [0.05, 0.1) is 13.2 Å². The number of amides is 3. The summed E-state index contributed by atoms with van der Waals surface area (Å²) in [5, 5.41) is 11.3. The molecule has 0 aliphatic heterocycles. The molecule has 0 unspecified atom stereocenters. The predicted molar refractivity (Wildman–Crippen MR) is 123 cm³/mol. The summed E-state index contributed by atoms with van der Waals surface area (Å²) in [6.45, 7) is 2.07. The normalized spacial score (nSPS) is 10.3. The van der Waals surface area contributed by atoms with Crippen LogP contribution in [0.4, 0.5) is 11.4 Å². The predicted octanol–water partition coefficient (Wildman–Crippen LogP) is 1.88. The molecular formula is C23H30N4O5. The molecule has 0 atom stereocenters. The third-order valence-electron chi connectivity index (χ3n) is 4.43. The Balaban J connectivity index is 1.75. The van der Waals surface area contributed by atoms with Gasteiger partial charge in [0.1, 0.15) is 0 Å². The van der Waals surface area contributed by atoms with Crippen LogP contribution in [-0.2, 0) is 14.3 Å². The van der Waals surface area contributed by atoms with Gasteiger partial charge in [0.25, 0.3) is 11.8 Å². The fourth-order valence-corrected chi connectivity index (χ4v) is 2.72. The summed E-state index contributed by atoms with van der Waals surface area (Å²) in [6.07, 6.45) is 0.751. The average Bonchev–Trinajstić information content (AvgIpc) is 2.81. The molecule has 0 aliphatic rings. The van der Waals surface area contributed by atoms with Gasteiger partial charge in [-0.15, -0.1) is 0 Å². The molecule has 0 heterocycles. The smallest absolute Gasteiger partial charge is 0.251 e. The molecule has 2 aromatic carbocycles. The third-order valence-corrected chi connectivity index (χ3v) is 4.43. The van der Waals surface area contributed by atoms with Gasteiger partial charge in [0.2, 0.25) is 5.91 Å². The highest BCUT2D eigenvalue weighted by Gasteiger charge is 2.08. The van der Waals surface area contributed by atoms with Crippen molar-refractivity contribution in [2.24, 2.45) is 0 Å². The van der Waals surface area contributed by atoms with Gasteiger partial charge in [-0.25, -0.2) is 0 Å². The Morgan fingerprint density at radius 3 is 1.81 bits per heavy atom. The molecule has 2 rings (SSSR count). The summed E-state index contributed by atoms with van der Waals surface area (Å²) >= 11 is 0. The fraction of sp³-hybridized carbons (Fsp3) is 0.348. The lowest BCUT2D eigenvalue weighted by Crippen LogP contribution is -2.27. The second kappa shape index (κ2) is 13.8. The number of hydrogen-bond donors (Lipinski definition) is 4. The third kappa shape index (κ3) is 8.75. The molecule has 9 heteroatoms. The van der Waals surface area contributed by atoms with Gasteiger partial charge < -0.3 is 30.7 Å². The highest BCUT2D eigenvalue weighted by atomic mass is 16.5. The van der Waals surface area contributed by atoms with Crippen LogP contribution in [0.1, 0.15) is 27.1 Å². The van der Waals surface area contributed by atoms with E-state index in [0.717, 1.165) is 12.1 Å². The topological polar surface area (TPSA) is 118 Å². The van der Waals surface area contributed by atoms with Crippen LogP contribution in [0.3, 0.4) is 0 Å². The van der Waals surface area contributed by atoms with Crippen molar-refractivity contribution in [1.82, 2.24) is 10.6 Å². The van der Waals surface area contributed by atoms with Crippen LogP contribution in [-0.4, -0.2) is 64.8 Å². The van der Waals surface area contributed by atoms with E-state index in [0.29, 0.717) is 43.1 Å². The number of carbonyl (C=O) groups excluding carboxylic acids is 3. The molecule has 0 aromatic heterocycles. The first-order valence-corrected chi connectivity index (χ1v) is 10.3. The van der Waals surface area contributed by atoms with Gasteiger partial charge in [-0.3, -0.25) is 14.4 Å². The van der Waals surface area contributed by atoms with E-state index in [9.17, 15) is 14.4 Å². The largest absolute Gasteiger partial charge is 0.385 e. The number of rotatable bonds is 13. The second-order valence-electron chi connectivity index (χ2n) is 6.91. The summed E-state index contributed by atoms with van der Waals surface area (Å²) < 4.78 is 9.84. The Kier molecular flexibility index (Phi) is 10.7. The van der Waals surface area contributed by atoms with E-state index < -0.39 is 0 Å². The molecule has 4 N–H and O–H groups in total. The highest BCUT2D eigenvalue weighted by molar-refractivity contribution is 5.97. The Labute approximate surface area is 187 Å². The van der Waals surface area contributed by atoms with Crippen molar-refractivity contribution in [3.8, 4) is 0 Å². The number of ether oxygens (including phenoxy) is 2. The number of anilines is 2. The molecule has 0 radical (unpaired) electrons. The summed E-state index contributed by atoms with van der Waals surface area (Å²) in [5.74, 6) is -0.586. The van der Waals surface area contributed by atoms with E-state index in [1.165, 1.54) is 0 Å². The van der Waals surface area contributed by atoms with Crippen molar-refractivity contribution in [2.45, 2.75) is 6.42 Å². The maximum atomic E-state index is 12.2. The zero-order chi connectivity index (χ0) is 23.2. The Bertz CT molecular complexity index is 869. The number of nitrogens with one attached hydrogen (secondary N) is 4. The summed E-state index contributed by atoms with van der Waals surface area (Å²) in [4.78, 5) is 36.2. The van der Waals surface area contributed by atoms with Gasteiger partial charge in [-0.1, -0.05) is 0 Å². The molecule has 172 valence electrons. The zero-order valence-electron chi connectivity index (χ0n) is 18.4. The zero-order valence-corrected chi connectivity index (χ0v) is 18.4. The summed E-state index contributed by atoms with van der Waals surface area (Å²) in [6, 6.07) is 13.5. The van der Waals surface area contributed by atoms with E-state index in [1.807, 2.05) is 0 Å². The molecular weight excluding hydrogens is 412 g/mol. The SMILES string of the molecule is COCCCNC(=O)c1ccc(NCC(=O)Nc2ccc(C(=O)NCCOC)cc2)cc1. The molecule has 0 aliphatic carbocycles. The van der Waals surface area contributed by atoms with Gasteiger partial charge in [0, 0.05) is 56.4 Å². The Hall–Kier alpha value is -3.43. The van der Waals surface area contributed by atoms with Crippen molar-refractivity contribution in [2.75, 3.05) is 57.7 Å². The first-order chi connectivity index (χ1) is 15.5. The lowest BCUT2D eigenvalue weighted by molar-refractivity contribution is -0.114. The Morgan fingerprint density at radius 1 is 0.719 bits per heavy atom. The number of methoxy groups -OCH3 is 2. The lowest BCUT2D eigenvalue weighted by Gasteiger charge is -2.10. The number of hydrogen-bond acceptors (Lipinski definition) is 6. The van der Waals surface area contributed by atoms with Crippen LogP contribution >= 0.6 is 0 Å². The first-order valence-electron chi connectivity index (χ1n) is 10.3. The van der Waals surface area contributed by atoms with Gasteiger partial charge >= 0.3 is 0 Å². The van der Waals surface area contributed by atoms with E-state index in [-0.39, 0.29) is 24.3 Å². The summed E-state index contributed by atoms with van der Waals surface area (Å²) in [5.41, 5.74) is 2.36. The molecule has 9 nitrogen and oxygen atoms in total. The molecule has 32 heavy (non-hydrogen) atoms. The second-order valence-corrected chi connectivity index (χ2v) is 6.91. The highest BCUT2D eigenvalue weighted by Crippen LogP contribution is 2.11. The lowest BCUT2D eigenvalue weighted by atomic mass is 10.2. The molecule has 0 fully saturated rings. The monoisotopic (exact) mass is 442 g/mol. The number of carbonyl (C=O) groups is 3. The minimum absolute atomic E-state index is 0.0574. The molecule has 0 spiro atoms. The quantitative estimate of drug-likeness (QED) is 0.352. The minimum atomic E-state index is -0.234. The molecule has 0 saturated heterocycles. The maximum Gasteiger partial charge on any atom is 0.251 e. The first kappa shape index (κ1) is 24.8. The van der Waals surface area contributed by atoms with Crippen molar-refractivity contribution in [3.63, 3.8) is 0 Å². The van der Waals surface area contributed by atoms with Crippen molar-refractivity contribution >= 4 is 29.1 Å². The van der Waals surface area contributed by atoms with Crippen molar-refractivity contribution in [3.05, 3.63) is 59.7 Å². The standard InChI is InChI=1S/C23H30N4O5/c1-31-14-3-12-24-22(29)17-4-8-19(9-5-17)26-16-21(28)27-20-10-6-18(7-11-20)23(30)25-13-15-32-2/h4-11,26H,3,12-16H2,1-2H3,(H,24,29)(H,25,30)(H,27,28). The number of benzene rings is 2. The van der Waals surface area contributed by atoms with Crippen molar-refractivity contribution in [1.29, 1.82) is 0 Å². The molecule has 0 saturated carbocycles. The van der Waals surface area contributed by atoms with E-state index in [1.54, 1.807) is 62.8 Å². The summed E-state index contributed by atoms with van der Waals surface area (Å²) in [7, 11) is 3.19. The van der Waals surface area contributed by atoms with Crippen LogP contribution in [0.15, 0.2) is 48.5 Å². The van der Waals surface area contributed by atoms with Crippen LogP contribution in [0, 0.1) is 0 Å². The van der Waals surface area contributed by atoms with E-state index >= 15 is 0 Å². The maximum absolute atomic E-state index is 12.2. The molecule has 2 aromatic rings. The van der Waals surface area contributed by atoms with Gasteiger partial charge in [-0.05, 0) is 55.0 Å². The van der Waals surface area contributed by atoms with E-state index in [4.69, 9.17) is 9.47 Å². The molecule has 0 bridgehead atoms. The fourth-order valence-electron chi connectivity index (χ4n) is 2.72. The van der Waals surface area contributed by atoms with Crippen LogP contribution < -0.4 is 21.3 Å². The molecule has 3 amide bonds.